The fraction of sp³-hybridized carbons (Fsp3) is 0.444. The minimum absolute atomic E-state index is 0.0913. The molecule has 0 atom stereocenters. The van der Waals surface area contributed by atoms with Crippen LogP contribution >= 0.6 is 0 Å². The van der Waals surface area contributed by atoms with Gasteiger partial charge in [0, 0.05) is 18.5 Å². The van der Waals surface area contributed by atoms with Gasteiger partial charge in [-0.3, -0.25) is 9.59 Å². The maximum absolute atomic E-state index is 12.6. The molecule has 1 heterocycles. The zero-order valence-corrected chi connectivity index (χ0v) is 13.6. The molecule has 2 aromatic rings. The summed E-state index contributed by atoms with van der Waals surface area (Å²) < 4.78 is 1.42. The van der Waals surface area contributed by atoms with Gasteiger partial charge >= 0.3 is 0 Å². The van der Waals surface area contributed by atoms with E-state index in [9.17, 15) is 14.7 Å². The van der Waals surface area contributed by atoms with E-state index in [1.54, 1.807) is 19.2 Å². The second kappa shape index (κ2) is 6.07. The van der Waals surface area contributed by atoms with E-state index in [1.807, 2.05) is 13.0 Å². The molecule has 1 aliphatic carbocycles. The van der Waals surface area contributed by atoms with Gasteiger partial charge in [0.2, 0.25) is 0 Å². The quantitative estimate of drug-likeness (QED) is 0.895. The molecule has 1 fully saturated rings. The Morgan fingerprint density at radius 2 is 1.96 bits per heavy atom. The smallest absolute Gasteiger partial charge is 0.267 e. The highest BCUT2D eigenvalue weighted by Gasteiger charge is 2.24. The molecule has 0 unspecified atom stereocenters. The number of carbonyl (C=O) groups excluding carboxylic acids is 1. The predicted octanol–water partition coefficient (Wildman–Crippen LogP) is 2.62. The Labute approximate surface area is 134 Å². The van der Waals surface area contributed by atoms with Crippen molar-refractivity contribution in [3.8, 4) is 5.75 Å². The summed E-state index contributed by atoms with van der Waals surface area (Å²) in [5.74, 6) is -0.696. The Morgan fingerprint density at radius 3 is 2.65 bits per heavy atom. The molecule has 1 aliphatic rings. The third kappa shape index (κ3) is 2.83. The average Bonchev–Trinajstić information content (AvgIpc) is 2.54. The van der Waals surface area contributed by atoms with Crippen molar-refractivity contribution >= 4 is 16.8 Å². The maximum Gasteiger partial charge on any atom is 0.267 e. The monoisotopic (exact) mass is 314 g/mol. The van der Waals surface area contributed by atoms with Crippen LogP contribution in [0.15, 0.2) is 23.0 Å². The van der Waals surface area contributed by atoms with E-state index in [0.717, 1.165) is 31.2 Å². The first-order chi connectivity index (χ1) is 11.0. The van der Waals surface area contributed by atoms with Gasteiger partial charge in [0.05, 0.1) is 5.52 Å². The summed E-state index contributed by atoms with van der Waals surface area (Å²) in [6.45, 7) is 1.91. The van der Waals surface area contributed by atoms with Crippen molar-refractivity contribution in [2.24, 2.45) is 7.05 Å². The van der Waals surface area contributed by atoms with Gasteiger partial charge in [-0.2, -0.15) is 0 Å². The molecule has 122 valence electrons. The molecule has 0 radical (unpaired) electrons. The number of amides is 1. The minimum Gasteiger partial charge on any atom is -0.506 e. The van der Waals surface area contributed by atoms with E-state index < -0.39 is 11.5 Å². The highest BCUT2D eigenvalue weighted by atomic mass is 16.3. The highest BCUT2D eigenvalue weighted by molar-refractivity contribution is 6.02. The summed E-state index contributed by atoms with van der Waals surface area (Å²) in [6.07, 6.45) is 5.23. The van der Waals surface area contributed by atoms with Crippen LogP contribution in [0.3, 0.4) is 0 Å². The van der Waals surface area contributed by atoms with E-state index in [4.69, 9.17) is 0 Å². The molecule has 1 amide bonds. The van der Waals surface area contributed by atoms with Crippen molar-refractivity contribution in [3.63, 3.8) is 0 Å². The van der Waals surface area contributed by atoms with E-state index in [-0.39, 0.29) is 17.4 Å². The van der Waals surface area contributed by atoms with Crippen molar-refractivity contribution in [1.82, 2.24) is 9.88 Å². The van der Waals surface area contributed by atoms with Gasteiger partial charge in [0.15, 0.2) is 0 Å². The van der Waals surface area contributed by atoms with Gasteiger partial charge in [-0.1, -0.05) is 30.9 Å². The van der Waals surface area contributed by atoms with Gasteiger partial charge < -0.3 is 15.0 Å². The lowest BCUT2D eigenvalue weighted by molar-refractivity contribution is 0.0923. The topological polar surface area (TPSA) is 71.3 Å². The summed E-state index contributed by atoms with van der Waals surface area (Å²) in [4.78, 5) is 25.1. The fourth-order valence-electron chi connectivity index (χ4n) is 3.35. The van der Waals surface area contributed by atoms with E-state index in [0.29, 0.717) is 10.9 Å². The molecular weight excluding hydrogens is 292 g/mol. The van der Waals surface area contributed by atoms with Gasteiger partial charge in [-0.15, -0.1) is 0 Å². The lowest BCUT2D eigenvalue weighted by Gasteiger charge is -2.23. The summed E-state index contributed by atoms with van der Waals surface area (Å²) in [7, 11) is 1.62. The molecular formula is C18H22N2O3. The molecule has 23 heavy (non-hydrogen) atoms. The fourth-order valence-corrected chi connectivity index (χ4v) is 3.35. The molecule has 1 aromatic carbocycles. The van der Waals surface area contributed by atoms with Crippen LogP contribution in [0, 0.1) is 6.92 Å². The third-order valence-corrected chi connectivity index (χ3v) is 4.69. The normalized spacial score (nSPS) is 15.7. The number of nitrogens with zero attached hydrogens (tertiary/aromatic N) is 1. The first kappa shape index (κ1) is 15.6. The molecule has 0 spiro atoms. The van der Waals surface area contributed by atoms with Gasteiger partial charge in [-0.25, -0.2) is 0 Å². The Balaban J connectivity index is 2.06. The summed E-state index contributed by atoms with van der Waals surface area (Å²) in [6, 6.07) is 5.55. The first-order valence-electron chi connectivity index (χ1n) is 8.12. The number of pyridine rings is 1. The van der Waals surface area contributed by atoms with Crippen LogP contribution in [0.5, 0.6) is 5.75 Å². The van der Waals surface area contributed by atoms with Crippen molar-refractivity contribution in [3.05, 3.63) is 39.7 Å². The zero-order chi connectivity index (χ0) is 16.6. The average molecular weight is 314 g/mol. The van der Waals surface area contributed by atoms with Crippen molar-refractivity contribution in [2.45, 2.75) is 45.1 Å². The molecule has 0 saturated heterocycles. The van der Waals surface area contributed by atoms with Crippen molar-refractivity contribution in [2.75, 3.05) is 0 Å². The molecule has 2 N–H and O–H groups in total. The first-order valence-corrected chi connectivity index (χ1v) is 8.12. The van der Waals surface area contributed by atoms with Crippen LogP contribution in [0.2, 0.25) is 0 Å². The summed E-state index contributed by atoms with van der Waals surface area (Å²) >= 11 is 0. The second-order valence-electron chi connectivity index (χ2n) is 6.42. The molecule has 0 bridgehead atoms. The Kier molecular flexibility index (Phi) is 4.11. The van der Waals surface area contributed by atoms with Gasteiger partial charge in [0.1, 0.15) is 11.3 Å². The Bertz CT molecular complexity index is 817. The SMILES string of the molecule is Cc1ccc2c(c1)c(O)c(C(=O)NC1CCCCC1)c(=O)n2C. The largest absolute Gasteiger partial charge is 0.506 e. The van der Waals surface area contributed by atoms with E-state index >= 15 is 0 Å². The number of fused-ring (bicyclic) bond motifs is 1. The minimum atomic E-state index is -0.474. The predicted molar refractivity (Wildman–Crippen MR) is 89.9 cm³/mol. The van der Waals surface area contributed by atoms with Crippen LogP contribution in [0.4, 0.5) is 0 Å². The standard InChI is InChI=1S/C18H22N2O3/c1-11-8-9-14-13(10-11)16(21)15(18(23)20(14)2)17(22)19-12-6-4-3-5-7-12/h8-10,12,21H,3-7H2,1-2H3,(H,19,22). The zero-order valence-electron chi connectivity index (χ0n) is 13.6. The van der Waals surface area contributed by atoms with Crippen LogP contribution in [-0.2, 0) is 7.05 Å². The maximum atomic E-state index is 12.6. The third-order valence-electron chi connectivity index (χ3n) is 4.69. The van der Waals surface area contributed by atoms with Crippen molar-refractivity contribution in [1.29, 1.82) is 0 Å². The number of hydrogen-bond donors (Lipinski definition) is 2. The van der Waals surface area contributed by atoms with Crippen LogP contribution < -0.4 is 10.9 Å². The molecule has 3 rings (SSSR count). The number of aryl methyl sites for hydroxylation is 2. The van der Waals surface area contributed by atoms with E-state index in [2.05, 4.69) is 5.32 Å². The number of hydrogen-bond acceptors (Lipinski definition) is 3. The number of rotatable bonds is 2. The highest BCUT2D eigenvalue weighted by Crippen LogP contribution is 2.27. The molecule has 1 saturated carbocycles. The number of benzene rings is 1. The van der Waals surface area contributed by atoms with Crippen LogP contribution in [-0.4, -0.2) is 21.6 Å². The van der Waals surface area contributed by atoms with E-state index in [1.165, 1.54) is 11.0 Å². The lowest BCUT2D eigenvalue weighted by atomic mass is 9.95. The summed E-state index contributed by atoms with van der Waals surface area (Å²) in [5.41, 5.74) is 0.959. The molecule has 0 aliphatic heterocycles. The van der Waals surface area contributed by atoms with Crippen molar-refractivity contribution < 1.29 is 9.90 Å². The number of aromatic hydroxyl groups is 1. The van der Waals surface area contributed by atoms with Gasteiger partial charge in [-0.05, 0) is 31.9 Å². The van der Waals surface area contributed by atoms with Crippen LogP contribution in [0.1, 0.15) is 48.0 Å². The molecule has 1 aromatic heterocycles. The van der Waals surface area contributed by atoms with Gasteiger partial charge in [0.25, 0.3) is 11.5 Å². The Hall–Kier alpha value is -2.30. The summed E-state index contributed by atoms with van der Waals surface area (Å²) in [5, 5.41) is 13.9. The molecule has 5 nitrogen and oxygen atoms in total. The Morgan fingerprint density at radius 1 is 1.26 bits per heavy atom. The number of carbonyl (C=O) groups is 1. The number of aromatic nitrogens is 1. The van der Waals surface area contributed by atoms with Crippen LogP contribution in [0.25, 0.3) is 10.9 Å². The lowest BCUT2D eigenvalue weighted by Crippen LogP contribution is -2.39. The second-order valence-corrected chi connectivity index (χ2v) is 6.42. The molecule has 5 heteroatoms. The number of nitrogens with one attached hydrogen (secondary N) is 1.